The summed E-state index contributed by atoms with van der Waals surface area (Å²) in [4.78, 5) is 24.5. The minimum Gasteiger partial charge on any atom is -0.493 e. The fraction of sp³-hybridized carbons (Fsp3) is 0.529. The monoisotopic (exact) mass is 352 g/mol. The molecule has 1 aliphatic heterocycles. The first-order chi connectivity index (χ1) is 12.0. The maximum atomic E-state index is 12.0. The van der Waals surface area contributed by atoms with Gasteiger partial charge in [-0.05, 0) is 25.0 Å². The van der Waals surface area contributed by atoms with E-state index in [4.69, 9.17) is 14.2 Å². The van der Waals surface area contributed by atoms with Crippen LogP contribution in [0.2, 0.25) is 0 Å². The third-order valence-electron chi connectivity index (χ3n) is 3.76. The Hall–Kier alpha value is -2.48. The number of benzene rings is 1. The molecule has 8 heteroatoms. The van der Waals surface area contributed by atoms with Crippen molar-refractivity contribution in [2.75, 3.05) is 46.3 Å². The van der Waals surface area contributed by atoms with Gasteiger partial charge >= 0.3 is 6.09 Å². The molecule has 1 fully saturated rings. The van der Waals surface area contributed by atoms with Crippen LogP contribution < -0.4 is 14.8 Å². The van der Waals surface area contributed by atoms with Crippen LogP contribution >= 0.6 is 0 Å². The number of likely N-dealkylation sites (N-methyl/N-ethyl adjacent to an activating group) is 1. The van der Waals surface area contributed by atoms with Crippen LogP contribution in [0.3, 0.4) is 0 Å². The molecule has 1 aliphatic rings. The SMILES string of the molecule is COC(=O)N(C)CC(=O)Nc1ccc(OC)c(OC[C@@H]2CCCO2)c1. The number of nitrogens with zero attached hydrogens (tertiary/aromatic N) is 1. The fourth-order valence-electron chi connectivity index (χ4n) is 2.46. The predicted molar refractivity (Wildman–Crippen MR) is 91.1 cm³/mol. The van der Waals surface area contributed by atoms with E-state index in [0.29, 0.717) is 23.8 Å². The minimum absolute atomic E-state index is 0.0802. The van der Waals surface area contributed by atoms with E-state index in [1.165, 1.54) is 19.1 Å². The number of ether oxygens (including phenoxy) is 4. The van der Waals surface area contributed by atoms with Crippen molar-refractivity contribution in [3.63, 3.8) is 0 Å². The van der Waals surface area contributed by atoms with Gasteiger partial charge in [-0.1, -0.05) is 0 Å². The molecule has 0 bridgehead atoms. The first-order valence-corrected chi connectivity index (χ1v) is 8.05. The number of methoxy groups -OCH3 is 2. The van der Waals surface area contributed by atoms with Gasteiger partial charge in [0.25, 0.3) is 0 Å². The third-order valence-corrected chi connectivity index (χ3v) is 3.76. The van der Waals surface area contributed by atoms with Gasteiger partial charge in [0.2, 0.25) is 5.91 Å². The lowest BCUT2D eigenvalue weighted by atomic mass is 10.2. The Kier molecular flexibility index (Phi) is 6.88. The van der Waals surface area contributed by atoms with E-state index in [1.54, 1.807) is 25.3 Å². The Morgan fingerprint density at radius 1 is 1.32 bits per heavy atom. The van der Waals surface area contributed by atoms with Gasteiger partial charge in [0.1, 0.15) is 13.2 Å². The van der Waals surface area contributed by atoms with Gasteiger partial charge in [-0.15, -0.1) is 0 Å². The third kappa shape index (κ3) is 5.53. The number of hydrogen-bond acceptors (Lipinski definition) is 6. The number of carbonyl (C=O) groups is 2. The smallest absolute Gasteiger partial charge is 0.409 e. The Balaban J connectivity index is 1.97. The number of anilines is 1. The number of amides is 2. The van der Waals surface area contributed by atoms with Gasteiger partial charge in [0.15, 0.2) is 11.5 Å². The Labute approximate surface area is 147 Å². The highest BCUT2D eigenvalue weighted by Gasteiger charge is 2.18. The number of nitrogens with one attached hydrogen (secondary N) is 1. The van der Waals surface area contributed by atoms with Crippen LogP contribution in [0.1, 0.15) is 12.8 Å². The molecule has 1 heterocycles. The van der Waals surface area contributed by atoms with Gasteiger partial charge in [-0.2, -0.15) is 0 Å². The van der Waals surface area contributed by atoms with Crippen molar-refractivity contribution in [3.8, 4) is 11.5 Å². The lowest BCUT2D eigenvalue weighted by molar-refractivity contribution is -0.116. The molecule has 0 radical (unpaired) electrons. The Bertz CT molecular complexity index is 601. The standard InChI is InChI=1S/C17H24N2O6/c1-19(17(21)23-3)10-16(20)18-12-6-7-14(22-2)15(9-12)25-11-13-5-4-8-24-13/h6-7,9,13H,4-5,8,10-11H2,1-3H3,(H,18,20)/t13-/m0/s1. The van der Waals surface area contributed by atoms with Crippen molar-refractivity contribution in [2.24, 2.45) is 0 Å². The Morgan fingerprint density at radius 3 is 2.76 bits per heavy atom. The van der Waals surface area contributed by atoms with Gasteiger partial charge in [-0.25, -0.2) is 4.79 Å². The predicted octanol–water partition coefficient (Wildman–Crippen LogP) is 1.89. The van der Waals surface area contributed by atoms with E-state index < -0.39 is 6.09 Å². The van der Waals surface area contributed by atoms with Crippen molar-refractivity contribution < 1.29 is 28.5 Å². The van der Waals surface area contributed by atoms with Crippen molar-refractivity contribution in [3.05, 3.63) is 18.2 Å². The molecule has 138 valence electrons. The molecule has 1 aromatic carbocycles. The summed E-state index contributed by atoms with van der Waals surface area (Å²) in [6.45, 7) is 1.07. The molecule has 0 aromatic heterocycles. The van der Waals surface area contributed by atoms with Crippen LogP contribution in [0.25, 0.3) is 0 Å². The zero-order valence-corrected chi connectivity index (χ0v) is 14.7. The van der Waals surface area contributed by atoms with Crippen molar-refractivity contribution in [2.45, 2.75) is 18.9 Å². The first-order valence-electron chi connectivity index (χ1n) is 8.05. The molecule has 8 nitrogen and oxygen atoms in total. The van der Waals surface area contributed by atoms with Crippen molar-refractivity contribution in [1.82, 2.24) is 4.90 Å². The van der Waals surface area contributed by atoms with E-state index in [2.05, 4.69) is 10.1 Å². The highest BCUT2D eigenvalue weighted by molar-refractivity contribution is 5.94. The molecular formula is C17H24N2O6. The minimum atomic E-state index is -0.578. The molecule has 1 atom stereocenters. The lowest BCUT2D eigenvalue weighted by Crippen LogP contribution is -2.34. The largest absolute Gasteiger partial charge is 0.493 e. The molecule has 1 aromatic rings. The topological polar surface area (TPSA) is 86.3 Å². The van der Waals surface area contributed by atoms with E-state index in [9.17, 15) is 9.59 Å². The normalized spacial score (nSPS) is 16.2. The number of hydrogen-bond donors (Lipinski definition) is 1. The van der Waals surface area contributed by atoms with Crippen LogP contribution in [0, 0.1) is 0 Å². The van der Waals surface area contributed by atoms with Gasteiger partial charge < -0.3 is 29.2 Å². The molecule has 0 unspecified atom stereocenters. The summed E-state index contributed by atoms with van der Waals surface area (Å²) in [6.07, 6.45) is 1.51. The van der Waals surface area contributed by atoms with E-state index >= 15 is 0 Å². The lowest BCUT2D eigenvalue weighted by Gasteiger charge is -2.17. The second-order valence-electron chi connectivity index (χ2n) is 5.69. The summed E-state index contributed by atoms with van der Waals surface area (Å²) < 4.78 is 21.2. The molecule has 0 aliphatic carbocycles. The maximum absolute atomic E-state index is 12.0. The van der Waals surface area contributed by atoms with Crippen molar-refractivity contribution >= 4 is 17.7 Å². The molecule has 0 spiro atoms. The molecule has 1 saturated heterocycles. The zero-order chi connectivity index (χ0) is 18.2. The molecule has 2 rings (SSSR count). The fourth-order valence-corrected chi connectivity index (χ4v) is 2.46. The van der Waals surface area contributed by atoms with E-state index in [-0.39, 0.29) is 18.6 Å². The summed E-state index contributed by atoms with van der Waals surface area (Å²) in [7, 11) is 4.30. The molecular weight excluding hydrogens is 328 g/mol. The quantitative estimate of drug-likeness (QED) is 0.806. The van der Waals surface area contributed by atoms with Crippen LogP contribution in [0.5, 0.6) is 11.5 Å². The summed E-state index contributed by atoms with van der Waals surface area (Å²) in [5.41, 5.74) is 0.548. The second kappa shape index (κ2) is 9.12. The summed E-state index contributed by atoms with van der Waals surface area (Å²) in [5, 5.41) is 2.72. The van der Waals surface area contributed by atoms with Crippen LogP contribution in [0.15, 0.2) is 18.2 Å². The molecule has 2 amide bonds. The van der Waals surface area contributed by atoms with Gasteiger partial charge in [0.05, 0.1) is 20.3 Å². The van der Waals surface area contributed by atoms with Crippen LogP contribution in [0.4, 0.5) is 10.5 Å². The molecule has 25 heavy (non-hydrogen) atoms. The zero-order valence-electron chi connectivity index (χ0n) is 14.7. The van der Waals surface area contributed by atoms with Gasteiger partial charge in [-0.3, -0.25) is 4.79 Å². The molecule has 0 saturated carbocycles. The van der Waals surface area contributed by atoms with Crippen molar-refractivity contribution in [1.29, 1.82) is 0 Å². The average molecular weight is 352 g/mol. The molecule has 1 N–H and O–H groups in total. The number of rotatable bonds is 7. The van der Waals surface area contributed by atoms with Gasteiger partial charge in [0, 0.05) is 25.4 Å². The van der Waals surface area contributed by atoms with Crippen LogP contribution in [-0.2, 0) is 14.3 Å². The highest BCUT2D eigenvalue weighted by Crippen LogP contribution is 2.31. The van der Waals surface area contributed by atoms with E-state index in [0.717, 1.165) is 19.4 Å². The first kappa shape index (κ1) is 18.9. The summed E-state index contributed by atoms with van der Waals surface area (Å²) in [5.74, 6) is 0.753. The van der Waals surface area contributed by atoms with Crippen LogP contribution in [-0.4, -0.2) is 64.0 Å². The second-order valence-corrected chi connectivity index (χ2v) is 5.69. The highest BCUT2D eigenvalue weighted by atomic mass is 16.5. The summed E-state index contributed by atoms with van der Waals surface area (Å²) in [6, 6.07) is 5.10. The summed E-state index contributed by atoms with van der Waals surface area (Å²) >= 11 is 0. The Morgan fingerprint density at radius 2 is 2.12 bits per heavy atom. The average Bonchev–Trinajstić information content (AvgIpc) is 3.12. The maximum Gasteiger partial charge on any atom is 0.409 e. The number of carbonyl (C=O) groups excluding carboxylic acids is 2. The van der Waals surface area contributed by atoms with E-state index in [1.807, 2.05) is 0 Å².